The minimum atomic E-state index is -0.713. The molecular weight excluding hydrogens is 329 g/mol. The van der Waals surface area contributed by atoms with E-state index in [2.05, 4.69) is 4.98 Å². The number of nitrogens with one attached hydrogen (secondary N) is 1. The molecule has 0 unspecified atom stereocenters. The van der Waals surface area contributed by atoms with E-state index in [0.29, 0.717) is 21.5 Å². The first kappa shape index (κ1) is 16.4. The lowest BCUT2D eigenvalue weighted by Crippen LogP contribution is -2.21. The summed E-state index contributed by atoms with van der Waals surface area (Å²) in [6, 6.07) is 8.02. The van der Waals surface area contributed by atoms with E-state index < -0.39 is 11.5 Å². The van der Waals surface area contributed by atoms with Crippen LogP contribution < -0.4 is 10.3 Å². The second-order valence-electron chi connectivity index (χ2n) is 4.42. The molecule has 7 heteroatoms. The zero-order valence-corrected chi connectivity index (χ0v) is 13.2. The van der Waals surface area contributed by atoms with Crippen molar-refractivity contribution in [1.82, 2.24) is 4.98 Å². The number of pyridine rings is 1. The number of H-pyrrole nitrogens is 1. The standard InChI is InChI=1S/C15H13Cl2NO4/c1-9-5-6-10(14(19)18-9)15(20)22-8-7-21-13-11(16)3-2-4-12(13)17/h2-6H,7-8H2,1H3,(H,18,19). The Bertz CT molecular complexity index is 722. The maximum atomic E-state index is 11.8. The number of benzene rings is 1. The van der Waals surface area contributed by atoms with Crippen LogP contribution in [-0.2, 0) is 4.74 Å². The van der Waals surface area contributed by atoms with Gasteiger partial charge in [-0.15, -0.1) is 0 Å². The van der Waals surface area contributed by atoms with E-state index in [1.807, 2.05) is 0 Å². The maximum Gasteiger partial charge on any atom is 0.343 e. The van der Waals surface area contributed by atoms with E-state index in [-0.39, 0.29) is 18.8 Å². The molecule has 0 spiro atoms. The zero-order valence-electron chi connectivity index (χ0n) is 11.7. The van der Waals surface area contributed by atoms with Crippen LogP contribution >= 0.6 is 23.2 Å². The monoisotopic (exact) mass is 341 g/mol. The molecule has 2 rings (SSSR count). The molecule has 0 aliphatic carbocycles. The third-order valence-electron chi connectivity index (χ3n) is 2.76. The van der Waals surface area contributed by atoms with Gasteiger partial charge < -0.3 is 14.5 Å². The number of hydrogen-bond donors (Lipinski definition) is 1. The molecule has 116 valence electrons. The average molecular weight is 342 g/mol. The lowest BCUT2D eigenvalue weighted by Gasteiger charge is -2.10. The Morgan fingerprint density at radius 3 is 2.45 bits per heavy atom. The molecule has 2 aromatic rings. The second-order valence-corrected chi connectivity index (χ2v) is 5.23. The Labute approximate surface area is 136 Å². The molecule has 0 amide bonds. The number of para-hydroxylation sites is 1. The normalized spacial score (nSPS) is 10.3. The van der Waals surface area contributed by atoms with Crippen molar-refractivity contribution >= 4 is 29.2 Å². The van der Waals surface area contributed by atoms with Gasteiger partial charge in [-0.2, -0.15) is 0 Å². The number of esters is 1. The first-order valence-corrected chi connectivity index (χ1v) is 7.18. The molecule has 0 saturated heterocycles. The topological polar surface area (TPSA) is 68.4 Å². The average Bonchev–Trinajstić information content (AvgIpc) is 2.45. The van der Waals surface area contributed by atoms with Crippen LogP contribution in [0.3, 0.4) is 0 Å². The molecule has 0 fully saturated rings. The number of rotatable bonds is 5. The number of carbonyl (C=O) groups excluding carboxylic acids is 1. The van der Waals surface area contributed by atoms with Crippen LogP contribution in [0.15, 0.2) is 35.1 Å². The fourth-order valence-corrected chi connectivity index (χ4v) is 2.22. The highest BCUT2D eigenvalue weighted by Crippen LogP contribution is 2.32. The van der Waals surface area contributed by atoms with Gasteiger partial charge in [0.1, 0.15) is 18.8 Å². The van der Waals surface area contributed by atoms with Gasteiger partial charge in [0.05, 0.1) is 10.0 Å². The molecule has 0 radical (unpaired) electrons. The summed E-state index contributed by atoms with van der Waals surface area (Å²) in [4.78, 5) is 25.9. The summed E-state index contributed by atoms with van der Waals surface area (Å²) in [5.74, 6) is -0.384. The Kier molecular flexibility index (Phi) is 5.46. The lowest BCUT2D eigenvalue weighted by molar-refractivity contribution is 0.0448. The molecule has 1 heterocycles. The summed E-state index contributed by atoms with van der Waals surface area (Å²) in [5.41, 5.74) is 0.125. The Morgan fingerprint density at radius 2 is 1.82 bits per heavy atom. The van der Waals surface area contributed by atoms with Crippen LogP contribution in [0.1, 0.15) is 16.1 Å². The number of aromatic amines is 1. The van der Waals surface area contributed by atoms with Crippen LogP contribution in [0, 0.1) is 6.92 Å². The van der Waals surface area contributed by atoms with Crippen molar-refractivity contribution in [3.8, 4) is 5.75 Å². The van der Waals surface area contributed by atoms with E-state index in [9.17, 15) is 9.59 Å². The lowest BCUT2D eigenvalue weighted by atomic mass is 10.2. The predicted octanol–water partition coefficient (Wildman–Crippen LogP) is 3.23. The summed E-state index contributed by atoms with van der Waals surface area (Å²) >= 11 is 11.9. The molecule has 0 aliphatic rings. The minimum Gasteiger partial charge on any atom is -0.487 e. The molecular formula is C15H13Cl2NO4. The number of aryl methyl sites for hydroxylation is 1. The van der Waals surface area contributed by atoms with Crippen molar-refractivity contribution in [2.45, 2.75) is 6.92 Å². The van der Waals surface area contributed by atoms with E-state index >= 15 is 0 Å². The highest BCUT2D eigenvalue weighted by atomic mass is 35.5. The van der Waals surface area contributed by atoms with E-state index in [1.165, 1.54) is 6.07 Å². The Morgan fingerprint density at radius 1 is 1.14 bits per heavy atom. The number of hydrogen-bond acceptors (Lipinski definition) is 4. The van der Waals surface area contributed by atoms with Gasteiger partial charge >= 0.3 is 5.97 Å². The quantitative estimate of drug-likeness (QED) is 0.669. The Hall–Kier alpha value is -1.98. The van der Waals surface area contributed by atoms with Crippen molar-refractivity contribution in [1.29, 1.82) is 0 Å². The largest absolute Gasteiger partial charge is 0.487 e. The molecule has 0 aliphatic heterocycles. The molecule has 1 N–H and O–H groups in total. The minimum absolute atomic E-state index is 0.0340. The first-order valence-electron chi connectivity index (χ1n) is 6.43. The molecule has 0 bridgehead atoms. The van der Waals surface area contributed by atoms with Gasteiger partial charge in [-0.1, -0.05) is 29.3 Å². The predicted molar refractivity (Wildman–Crippen MR) is 84.0 cm³/mol. The van der Waals surface area contributed by atoms with Crippen molar-refractivity contribution in [3.05, 3.63) is 62.0 Å². The van der Waals surface area contributed by atoms with E-state index in [4.69, 9.17) is 32.7 Å². The zero-order chi connectivity index (χ0) is 16.1. The fourth-order valence-electron chi connectivity index (χ4n) is 1.71. The number of ether oxygens (including phenoxy) is 2. The summed E-state index contributed by atoms with van der Waals surface area (Å²) in [5, 5.41) is 0.739. The van der Waals surface area contributed by atoms with Gasteiger partial charge in [-0.3, -0.25) is 4.79 Å². The summed E-state index contributed by atoms with van der Waals surface area (Å²) in [6.45, 7) is 1.75. The number of halogens is 2. The van der Waals surface area contributed by atoms with Gasteiger partial charge in [0.15, 0.2) is 5.75 Å². The van der Waals surface area contributed by atoms with Gasteiger partial charge in [0.25, 0.3) is 5.56 Å². The molecule has 1 aromatic heterocycles. The maximum absolute atomic E-state index is 11.8. The molecule has 1 aromatic carbocycles. The van der Waals surface area contributed by atoms with Gasteiger partial charge in [0, 0.05) is 5.69 Å². The highest BCUT2D eigenvalue weighted by Gasteiger charge is 2.12. The summed E-state index contributed by atoms with van der Waals surface area (Å²) < 4.78 is 10.4. The van der Waals surface area contributed by atoms with Crippen molar-refractivity contribution in [2.75, 3.05) is 13.2 Å². The van der Waals surface area contributed by atoms with Crippen LogP contribution in [0.5, 0.6) is 5.75 Å². The number of carbonyl (C=O) groups is 1. The third kappa shape index (κ3) is 4.02. The highest BCUT2D eigenvalue weighted by molar-refractivity contribution is 6.37. The van der Waals surface area contributed by atoms with Crippen LogP contribution in [-0.4, -0.2) is 24.2 Å². The molecule has 0 atom stereocenters. The van der Waals surface area contributed by atoms with Crippen LogP contribution in [0.25, 0.3) is 0 Å². The SMILES string of the molecule is Cc1ccc(C(=O)OCCOc2c(Cl)cccc2Cl)c(=O)[nH]1. The first-order chi connectivity index (χ1) is 10.5. The second kappa shape index (κ2) is 7.33. The summed E-state index contributed by atoms with van der Waals surface area (Å²) in [6.07, 6.45) is 0. The smallest absolute Gasteiger partial charge is 0.343 e. The van der Waals surface area contributed by atoms with Crippen molar-refractivity contribution in [2.24, 2.45) is 0 Å². The number of aromatic nitrogens is 1. The Balaban J connectivity index is 1.89. The summed E-state index contributed by atoms with van der Waals surface area (Å²) in [7, 11) is 0. The van der Waals surface area contributed by atoms with E-state index in [1.54, 1.807) is 31.2 Å². The van der Waals surface area contributed by atoms with Crippen molar-refractivity contribution < 1.29 is 14.3 Å². The van der Waals surface area contributed by atoms with E-state index in [0.717, 1.165) is 0 Å². The molecule has 5 nitrogen and oxygen atoms in total. The van der Waals surface area contributed by atoms with Crippen molar-refractivity contribution in [3.63, 3.8) is 0 Å². The van der Waals surface area contributed by atoms with Crippen LogP contribution in [0.2, 0.25) is 10.0 Å². The molecule has 0 saturated carbocycles. The van der Waals surface area contributed by atoms with Gasteiger partial charge in [-0.25, -0.2) is 4.79 Å². The fraction of sp³-hybridized carbons (Fsp3) is 0.200. The van der Waals surface area contributed by atoms with Crippen LogP contribution in [0.4, 0.5) is 0 Å². The van der Waals surface area contributed by atoms with Gasteiger partial charge in [0.2, 0.25) is 0 Å². The third-order valence-corrected chi connectivity index (χ3v) is 3.35. The van der Waals surface area contributed by atoms with Gasteiger partial charge in [-0.05, 0) is 31.2 Å². The molecule has 22 heavy (non-hydrogen) atoms.